The lowest BCUT2D eigenvalue weighted by atomic mass is 10.1. The van der Waals surface area contributed by atoms with Gasteiger partial charge in [0.15, 0.2) is 0 Å². The molecule has 0 bridgehead atoms. The molecule has 0 heterocycles. The fourth-order valence-electron chi connectivity index (χ4n) is 7.87. The predicted molar refractivity (Wildman–Crippen MR) is 307 cm³/mol. The summed E-state index contributed by atoms with van der Waals surface area (Å²) in [6, 6.07) is 0. The van der Waals surface area contributed by atoms with E-state index in [1.807, 2.05) is 20.8 Å². The third-order valence-electron chi connectivity index (χ3n) is 11.6. The lowest BCUT2D eigenvalue weighted by Gasteiger charge is -2.31. The minimum atomic E-state index is -3.40. The second kappa shape index (κ2) is 38.5. The van der Waals surface area contributed by atoms with E-state index >= 15 is 0 Å². The number of hydrogen-bond acceptors (Lipinski definition) is 13. The van der Waals surface area contributed by atoms with Gasteiger partial charge in [-0.1, -0.05) is 78.1 Å². The zero-order valence-corrected chi connectivity index (χ0v) is 52.0. The largest absolute Gasteiger partial charge is 0.444 e. The van der Waals surface area contributed by atoms with Crippen molar-refractivity contribution >= 4 is 44.4 Å². The number of carbonyl (C=O) groups excluding carboxylic acids is 4. The number of unbranched alkanes of at least 4 members (excludes halogenated alkanes) is 11. The molecule has 3 N–H and O–H groups in total. The summed E-state index contributed by atoms with van der Waals surface area (Å²) in [4.78, 5) is 59.8. The first-order valence-electron chi connectivity index (χ1n) is 28.8. The molecule has 19 nitrogen and oxygen atoms in total. The van der Waals surface area contributed by atoms with Crippen LogP contribution in [0.4, 0.5) is 19.2 Å². The van der Waals surface area contributed by atoms with Gasteiger partial charge in [0.05, 0.1) is 11.5 Å². The minimum absolute atomic E-state index is 0.103. The van der Waals surface area contributed by atoms with E-state index in [-0.39, 0.29) is 31.1 Å². The van der Waals surface area contributed by atoms with E-state index in [0.29, 0.717) is 117 Å². The molecule has 0 aliphatic carbocycles. The molecule has 76 heavy (non-hydrogen) atoms. The molecular formula is C55H111N7O12S2. The topological polar surface area (TPSA) is 223 Å². The number of amides is 4. The van der Waals surface area contributed by atoms with Crippen molar-refractivity contribution in [2.24, 2.45) is 0 Å². The van der Waals surface area contributed by atoms with Gasteiger partial charge in [0, 0.05) is 58.9 Å². The van der Waals surface area contributed by atoms with Crippen LogP contribution in [-0.4, -0.2) is 173 Å². The third kappa shape index (κ3) is 43.8. The molecule has 0 saturated heterocycles. The Bertz CT molecular complexity index is 1760. The van der Waals surface area contributed by atoms with Crippen molar-refractivity contribution < 1.29 is 55.0 Å². The van der Waals surface area contributed by atoms with Crippen molar-refractivity contribution in [3.05, 3.63) is 0 Å². The average molecular weight is 1130 g/mol. The van der Waals surface area contributed by atoms with Gasteiger partial charge in [0.1, 0.15) is 22.4 Å². The smallest absolute Gasteiger partial charge is 0.410 e. The maximum absolute atomic E-state index is 13.7. The first-order valence-corrected chi connectivity index (χ1v) is 32.1. The number of alkyl carbamates (subject to hydrolysis) is 1. The number of carbonyl (C=O) groups is 4. The molecule has 0 unspecified atom stereocenters. The molecule has 450 valence electrons. The molecule has 0 spiro atoms. The summed E-state index contributed by atoms with van der Waals surface area (Å²) in [6.07, 6.45) is 13.6. The van der Waals surface area contributed by atoms with Crippen molar-refractivity contribution in [1.29, 1.82) is 0 Å². The number of nitrogens with one attached hydrogen (secondary N) is 3. The fourth-order valence-corrected chi connectivity index (χ4v) is 10.2. The zero-order chi connectivity index (χ0) is 57.9. The van der Waals surface area contributed by atoms with E-state index in [1.54, 1.807) is 77.0 Å². The first kappa shape index (κ1) is 72.9. The highest BCUT2D eigenvalue weighted by Gasteiger charge is 2.27. The summed E-state index contributed by atoms with van der Waals surface area (Å²) >= 11 is 0. The third-order valence-corrected chi connectivity index (χ3v) is 14.5. The Morgan fingerprint density at radius 1 is 0.355 bits per heavy atom. The van der Waals surface area contributed by atoms with Crippen LogP contribution in [0.1, 0.15) is 219 Å². The van der Waals surface area contributed by atoms with Crippen molar-refractivity contribution in [2.45, 2.75) is 241 Å². The maximum atomic E-state index is 13.7. The summed E-state index contributed by atoms with van der Waals surface area (Å²) in [5, 5.41) is 2.73. The second-order valence-electron chi connectivity index (χ2n) is 24.1. The molecule has 0 aromatic rings. The van der Waals surface area contributed by atoms with Crippen molar-refractivity contribution in [3.63, 3.8) is 0 Å². The van der Waals surface area contributed by atoms with E-state index in [0.717, 1.165) is 64.2 Å². The van der Waals surface area contributed by atoms with Crippen LogP contribution < -0.4 is 14.8 Å². The van der Waals surface area contributed by atoms with E-state index in [1.165, 1.54) is 0 Å². The van der Waals surface area contributed by atoms with Gasteiger partial charge in [0.2, 0.25) is 20.0 Å². The van der Waals surface area contributed by atoms with Gasteiger partial charge in [0.25, 0.3) is 0 Å². The molecule has 0 aromatic heterocycles. The van der Waals surface area contributed by atoms with Gasteiger partial charge in [-0.15, -0.1) is 0 Å². The predicted octanol–water partition coefficient (Wildman–Crippen LogP) is 10.8. The lowest BCUT2D eigenvalue weighted by Crippen LogP contribution is -2.42. The molecule has 0 aliphatic heterocycles. The quantitative estimate of drug-likeness (QED) is 0.0383. The Hall–Kier alpha value is -3.14. The van der Waals surface area contributed by atoms with Crippen molar-refractivity contribution in [1.82, 2.24) is 34.4 Å². The Morgan fingerprint density at radius 3 is 1.00 bits per heavy atom. The van der Waals surface area contributed by atoms with Crippen LogP contribution in [0.2, 0.25) is 0 Å². The average Bonchev–Trinajstić information content (AvgIpc) is 3.27. The molecule has 0 atom stereocenters. The van der Waals surface area contributed by atoms with Gasteiger partial charge in [-0.05, 0) is 161 Å². The SMILES string of the molecule is CCCCCCCCS(=O)(=O)NCCCN(CCCNS(=O)(=O)CCCCCCCC)CCCN(CCCN(CCCCN(CCCNC(=O)OC(C)(C)C)C(=O)OC(C)(C)C)C(=O)OC(C)(C)C)C(=O)OC(C)(C)C. The van der Waals surface area contributed by atoms with Crippen LogP contribution >= 0.6 is 0 Å². The summed E-state index contributed by atoms with van der Waals surface area (Å²) < 4.78 is 79.3. The Kier molecular flexibility index (Phi) is 36.9. The molecule has 0 aromatic carbocycles. The Morgan fingerprint density at radius 2 is 0.645 bits per heavy atom. The standard InChI is InChI=1S/C55H111N7O12S2/c1-15-17-19-21-23-27-46-75(67,68)57-35-30-37-59(38-31-36-58-76(69,70)47-28-24-22-20-18-16-2)39-32-43-62(51(66)74-55(12,13)14)45-33-44-61(50(65)73-54(9,10)11)41-26-25-40-60(49(64)72-53(6,7)8)42-29-34-56-48(63)71-52(3,4)5/h57-58H,15-47H2,1-14H3,(H,56,63). The normalized spacial score (nSPS) is 12.6. The molecule has 0 rings (SSSR count). The van der Waals surface area contributed by atoms with Crippen molar-refractivity contribution in [3.8, 4) is 0 Å². The number of rotatable bonds is 41. The highest BCUT2D eigenvalue weighted by Crippen LogP contribution is 2.16. The lowest BCUT2D eigenvalue weighted by molar-refractivity contribution is 0.0179. The first-order chi connectivity index (χ1) is 35.3. The van der Waals surface area contributed by atoms with Crippen LogP contribution in [0, 0.1) is 0 Å². The minimum Gasteiger partial charge on any atom is -0.444 e. The molecule has 4 amide bonds. The van der Waals surface area contributed by atoms with E-state index in [4.69, 9.17) is 18.9 Å². The summed E-state index contributed by atoms with van der Waals surface area (Å²) in [6.45, 7) is 30.5. The van der Waals surface area contributed by atoms with E-state index in [2.05, 4.69) is 33.5 Å². The Balaban J connectivity index is 5.94. The molecule has 0 aliphatic rings. The highest BCUT2D eigenvalue weighted by molar-refractivity contribution is 7.89. The monoisotopic (exact) mass is 1130 g/mol. The zero-order valence-electron chi connectivity index (χ0n) is 50.3. The van der Waals surface area contributed by atoms with Gasteiger partial charge >= 0.3 is 24.4 Å². The van der Waals surface area contributed by atoms with Gasteiger partial charge in [-0.2, -0.15) is 0 Å². The summed E-state index contributed by atoms with van der Waals surface area (Å²) in [5.41, 5.74) is -2.85. The second-order valence-corrected chi connectivity index (χ2v) is 28.0. The number of nitrogens with zero attached hydrogens (tertiary/aromatic N) is 4. The van der Waals surface area contributed by atoms with Gasteiger partial charge in [-0.25, -0.2) is 45.5 Å². The number of sulfonamides is 2. The van der Waals surface area contributed by atoms with Crippen LogP contribution in [0.3, 0.4) is 0 Å². The van der Waals surface area contributed by atoms with Crippen LogP contribution in [0.25, 0.3) is 0 Å². The molecule has 0 radical (unpaired) electrons. The maximum Gasteiger partial charge on any atom is 0.410 e. The molecular weight excluding hydrogens is 1010 g/mol. The molecule has 21 heteroatoms. The summed E-state index contributed by atoms with van der Waals surface area (Å²) in [5.74, 6) is 0.205. The van der Waals surface area contributed by atoms with Crippen LogP contribution in [-0.2, 0) is 39.0 Å². The molecule has 0 fully saturated rings. The van der Waals surface area contributed by atoms with E-state index < -0.39 is 66.8 Å². The summed E-state index contributed by atoms with van der Waals surface area (Å²) in [7, 11) is -6.81. The van der Waals surface area contributed by atoms with Crippen LogP contribution in [0.5, 0.6) is 0 Å². The van der Waals surface area contributed by atoms with Crippen molar-refractivity contribution in [2.75, 3.05) is 90.0 Å². The Labute approximate surface area is 463 Å². The fraction of sp³-hybridized carbons (Fsp3) is 0.927. The number of ether oxygens (including phenoxy) is 4. The van der Waals surface area contributed by atoms with Gasteiger partial charge in [-0.3, -0.25) is 0 Å². The number of hydrogen-bond donors (Lipinski definition) is 3. The van der Waals surface area contributed by atoms with Crippen LogP contribution in [0.15, 0.2) is 0 Å². The molecule has 0 saturated carbocycles. The van der Waals surface area contributed by atoms with E-state index in [9.17, 15) is 36.0 Å². The highest BCUT2D eigenvalue weighted by atomic mass is 32.2. The van der Waals surface area contributed by atoms with Gasteiger partial charge < -0.3 is 43.9 Å².